The molecular formula is C9H8FN3. The fraction of sp³-hybridized carbons (Fsp3) is 0. The average molecular weight is 177 g/mol. The van der Waals surface area contributed by atoms with E-state index < -0.39 is 0 Å². The maximum Gasteiger partial charge on any atom is 0.161 e. The molecule has 1 aromatic carbocycles. The van der Waals surface area contributed by atoms with Crippen molar-refractivity contribution in [2.45, 2.75) is 0 Å². The summed E-state index contributed by atoms with van der Waals surface area (Å²) >= 11 is 0. The first kappa shape index (κ1) is 7.79. The molecule has 2 N–H and O–H groups in total. The van der Waals surface area contributed by atoms with Gasteiger partial charge in [0.1, 0.15) is 0 Å². The van der Waals surface area contributed by atoms with E-state index >= 15 is 0 Å². The van der Waals surface area contributed by atoms with E-state index in [2.05, 4.69) is 5.10 Å². The molecule has 0 atom stereocenters. The molecule has 0 bridgehead atoms. The second-order valence-electron chi connectivity index (χ2n) is 2.69. The maximum atomic E-state index is 12.6. The summed E-state index contributed by atoms with van der Waals surface area (Å²) in [5, 5.41) is 3.82. The summed E-state index contributed by atoms with van der Waals surface area (Å²) in [5.41, 5.74) is 6.97. The molecule has 2 rings (SSSR count). The Morgan fingerprint density at radius 1 is 1.23 bits per heavy atom. The summed E-state index contributed by atoms with van der Waals surface area (Å²) in [6.07, 6.45) is 2.47. The highest BCUT2D eigenvalue weighted by Crippen LogP contribution is 2.10. The van der Waals surface area contributed by atoms with Crippen LogP contribution in [-0.4, -0.2) is 9.78 Å². The largest absolute Gasteiger partial charge is 0.399 e. The lowest BCUT2D eigenvalue weighted by Crippen LogP contribution is -1.94. The fourth-order valence-electron chi connectivity index (χ4n) is 1.07. The lowest BCUT2D eigenvalue weighted by atomic mass is 10.3. The van der Waals surface area contributed by atoms with E-state index in [-0.39, 0.29) is 5.82 Å². The van der Waals surface area contributed by atoms with Gasteiger partial charge in [0, 0.05) is 5.69 Å². The number of benzene rings is 1. The molecule has 0 unspecified atom stereocenters. The summed E-state index contributed by atoms with van der Waals surface area (Å²) in [4.78, 5) is 0. The topological polar surface area (TPSA) is 43.8 Å². The predicted molar refractivity (Wildman–Crippen MR) is 47.9 cm³/mol. The van der Waals surface area contributed by atoms with Crippen LogP contribution in [0.3, 0.4) is 0 Å². The zero-order valence-electron chi connectivity index (χ0n) is 6.81. The molecule has 0 saturated carbocycles. The summed E-state index contributed by atoms with van der Waals surface area (Å²) in [7, 11) is 0. The SMILES string of the molecule is Nc1ccc(-n2cc(F)cn2)cc1. The highest BCUT2D eigenvalue weighted by molar-refractivity contribution is 5.44. The van der Waals surface area contributed by atoms with Crippen LogP contribution in [0, 0.1) is 5.82 Å². The number of halogens is 1. The van der Waals surface area contributed by atoms with E-state index in [4.69, 9.17) is 5.73 Å². The van der Waals surface area contributed by atoms with Crippen LogP contribution in [-0.2, 0) is 0 Å². The molecule has 0 aliphatic heterocycles. The Hall–Kier alpha value is -1.84. The summed E-state index contributed by atoms with van der Waals surface area (Å²) in [5.74, 6) is -0.350. The molecule has 0 amide bonds. The molecule has 1 aromatic heterocycles. The van der Waals surface area contributed by atoms with Crippen molar-refractivity contribution in [3.8, 4) is 5.69 Å². The van der Waals surface area contributed by atoms with Gasteiger partial charge in [0.25, 0.3) is 0 Å². The number of hydrogen-bond acceptors (Lipinski definition) is 2. The number of nitrogens with two attached hydrogens (primary N) is 1. The maximum absolute atomic E-state index is 12.6. The smallest absolute Gasteiger partial charge is 0.161 e. The Morgan fingerprint density at radius 3 is 2.46 bits per heavy atom. The molecule has 0 aliphatic rings. The molecule has 0 saturated heterocycles. The van der Waals surface area contributed by atoms with Crippen molar-refractivity contribution in [2.24, 2.45) is 0 Å². The van der Waals surface area contributed by atoms with Crippen molar-refractivity contribution in [2.75, 3.05) is 5.73 Å². The van der Waals surface area contributed by atoms with E-state index in [1.807, 2.05) is 0 Å². The lowest BCUT2D eigenvalue weighted by Gasteiger charge is -1.99. The molecule has 0 fully saturated rings. The first-order valence-electron chi connectivity index (χ1n) is 3.82. The van der Waals surface area contributed by atoms with E-state index in [1.165, 1.54) is 10.9 Å². The van der Waals surface area contributed by atoms with Crippen molar-refractivity contribution in [3.05, 3.63) is 42.5 Å². The Labute approximate surface area is 74.6 Å². The van der Waals surface area contributed by atoms with Crippen LogP contribution in [0.4, 0.5) is 10.1 Å². The van der Waals surface area contributed by atoms with Gasteiger partial charge in [-0.05, 0) is 24.3 Å². The van der Waals surface area contributed by atoms with Gasteiger partial charge in [-0.3, -0.25) is 0 Å². The van der Waals surface area contributed by atoms with E-state index in [0.717, 1.165) is 11.9 Å². The molecule has 0 radical (unpaired) electrons. The van der Waals surface area contributed by atoms with Crippen molar-refractivity contribution >= 4 is 5.69 Å². The zero-order chi connectivity index (χ0) is 9.26. The number of nitrogens with zero attached hydrogens (tertiary/aromatic N) is 2. The third-order valence-corrected chi connectivity index (χ3v) is 1.71. The quantitative estimate of drug-likeness (QED) is 0.672. The van der Waals surface area contributed by atoms with Crippen LogP contribution in [0.5, 0.6) is 0 Å². The van der Waals surface area contributed by atoms with Crippen LogP contribution in [0.2, 0.25) is 0 Å². The molecular weight excluding hydrogens is 169 g/mol. The normalized spacial score (nSPS) is 10.2. The average Bonchev–Trinajstić information content (AvgIpc) is 2.53. The number of anilines is 1. The van der Waals surface area contributed by atoms with Crippen molar-refractivity contribution < 1.29 is 4.39 Å². The van der Waals surface area contributed by atoms with Crippen LogP contribution in [0.25, 0.3) is 5.69 Å². The molecule has 66 valence electrons. The highest BCUT2D eigenvalue weighted by atomic mass is 19.1. The van der Waals surface area contributed by atoms with Gasteiger partial charge in [-0.1, -0.05) is 0 Å². The second-order valence-corrected chi connectivity index (χ2v) is 2.69. The highest BCUT2D eigenvalue weighted by Gasteiger charge is 1.98. The third-order valence-electron chi connectivity index (χ3n) is 1.71. The van der Waals surface area contributed by atoms with E-state index in [0.29, 0.717) is 5.69 Å². The van der Waals surface area contributed by atoms with E-state index in [9.17, 15) is 4.39 Å². The summed E-state index contributed by atoms with van der Waals surface area (Å²) < 4.78 is 14.0. The fourth-order valence-corrected chi connectivity index (χ4v) is 1.07. The molecule has 3 nitrogen and oxygen atoms in total. The predicted octanol–water partition coefficient (Wildman–Crippen LogP) is 1.59. The van der Waals surface area contributed by atoms with Gasteiger partial charge in [0.15, 0.2) is 5.82 Å². The van der Waals surface area contributed by atoms with Crippen LogP contribution < -0.4 is 5.73 Å². The molecule has 1 heterocycles. The van der Waals surface area contributed by atoms with Crippen molar-refractivity contribution in [1.29, 1.82) is 0 Å². The molecule has 0 spiro atoms. The van der Waals surface area contributed by atoms with Crippen LogP contribution in [0.15, 0.2) is 36.7 Å². The summed E-state index contributed by atoms with van der Waals surface area (Å²) in [6.45, 7) is 0. The van der Waals surface area contributed by atoms with Crippen LogP contribution in [0.1, 0.15) is 0 Å². The Morgan fingerprint density at radius 2 is 1.92 bits per heavy atom. The minimum atomic E-state index is -0.350. The molecule has 0 aliphatic carbocycles. The van der Waals surface area contributed by atoms with Gasteiger partial charge in [0.05, 0.1) is 18.1 Å². The van der Waals surface area contributed by atoms with Gasteiger partial charge in [0.2, 0.25) is 0 Å². The number of rotatable bonds is 1. The van der Waals surface area contributed by atoms with E-state index in [1.54, 1.807) is 24.3 Å². The van der Waals surface area contributed by atoms with Gasteiger partial charge >= 0.3 is 0 Å². The Kier molecular flexibility index (Phi) is 1.73. The molecule has 4 heteroatoms. The monoisotopic (exact) mass is 177 g/mol. The van der Waals surface area contributed by atoms with Gasteiger partial charge in [-0.2, -0.15) is 5.10 Å². The van der Waals surface area contributed by atoms with Gasteiger partial charge in [-0.25, -0.2) is 9.07 Å². The molecule has 13 heavy (non-hydrogen) atoms. The minimum Gasteiger partial charge on any atom is -0.399 e. The summed E-state index contributed by atoms with van der Waals surface area (Å²) in [6, 6.07) is 7.05. The van der Waals surface area contributed by atoms with Crippen molar-refractivity contribution in [1.82, 2.24) is 9.78 Å². The Balaban J connectivity index is 2.41. The minimum absolute atomic E-state index is 0.350. The number of nitrogen functional groups attached to an aromatic ring is 1. The Bertz CT molecular complexity index is 405. The second kappa shape index (κ2) is 2.90. The first-order chi connectivity index (χ1) is 6.25. The third kappa shape index (κ3) is 1.51. The number of hydrogen-bond donors (Lipinski definition) is 1. The van der Waals surface area contributed by atoms with Crippen molar-refractivity contribution in [3.63, 3.8) is 0 Å². The number of aromatic nitrogens is 2. The zero-order valence-corrected chi connectivity index (χ0v) is 6.81. The standard InChI is InChI=1S/C9H8FN3/c10-7-5-12-13(6-7)9-3-1-8(11)2-4-9/h1-6H,11H2. The van der Waals surface area contributed by atoms with Gasteiger partial charge in [-0.15, -0.1) is 0 Å². The lowest BCUT2D eigenvalue weighted by molar-refractivity contribution is 0.627. The first-order valence-corrected chi connectivity index (χ1v) is 3.82. The van der Waals surface area contributed by atoms with Gasteiger partial charge < -0.3 is 5.73 Å². The van der Waals surface area contributed by atoms with Crippen LogP contribution >= 0.6 is 0 Å². The molecule has 2 aromatic rings.